The SMILES string of the molecule is CC(C)(C)OC(=O)N1CCC[C@H]1C(=O)Oc1ccc(SC(F)(F)F)cc1. The number of halogens is 3. The highest BCUT2D eigenvalue weighted by Gasteiger charge is 2.38. The van der Waals surface area contributed by atoms with Crippen LogP contribution in [0.2, 0.25) is 0 Å². The van der Waals surface area contributed by atoms with E-state index in [-0.39, 0.29) is 22.4 Å². The molecule has 0 unspecified atom stereocenters. The van der Waals surface area contributed by atoms with Gasteiger partial charge in [0, 0.05) is 11.4 Å². The first-order valence-corrected chi connectivity index (χ1v) is 8.83. The van der Waals surface area contributed by atoms with Crippen LogP contribution >= 0.6 is 11.8 Å². The maximum Gasteiger partial charge on any atom is 0.446 e. The Morgan fingerprint density at radius 1 is 1.15 bits per heavy atom. The lowest BCUT2D eigenvalue weighted by atomic mass is 10.2. The van der Waals surface area contributed by atoms with E-state index >= 15 is 0 Å². The van der Waals surface area contributed by atoms with Crippen molar-refractivity contribution >= 4 is 23.8 Å². The van der Waals surface area contributed by atoms with Crippen molar-refractivity contribution in [1.29, 1.82) is 0 Å². The van der Waals surface area contributed by atoms with Gasteiger partial charge in [-0.3, -0.25) is 4.90 Å². The molecule has 0 spiro atoms. The molecule has 0 aromatic heterocycles. The third-order valence-corrected chi connectivity index (χ3v) is 4.17. The molecule has 9 heteroatoms. The molecule has 1 aliphatic rings. The largest absolute Gasteiger partial charge is 0.446 e. The van der Waals surface area contributed by atoms with Crippen molar-refractivity contribution in [3.05, 3.63) is 24.3 Å². The van der Waals surface area contributed by atoms with Crippen molar-refractivity contribution in [2.45, 2.75) is 55.7 Å². The summed E-state index contributed by atoms with van der Waals surface area (Å²) in [7, 11) is 0. The summed E-state index contributed by atoms with van der Waals surface area (Å²) >= 11 is -0.247. The molecule has 1 saturated heterocycles. The number of hydrogen-bond acceptors (Lipinski definition) is 5. The van der Waals surface area contributed by atoms with Crippen LogP contribution in [-0.4, -0.2) is 40.7 Å². The van der Waals surface area contributed by atoms with Crippen LogP contribution in [0.5, 0.6) is 5.75 Å². The molecular formula is C17H20F3NO4S. The Kier molecular flexibility index (Phi) is 6.10. The maximum absolute atomic E-state index is 12.4. The van der Waals surface area contributed by atoms with Crippen LogP contribution in [-0.2, 0) is 9.53 Å². The van der Waals surface area contributed by atoms with E-state index in [0.29, 0.717) is 19.4 Å². The van der Waals surface area contributed by atoms with Crippen LogP contribution in [0.3, 0.4) is 0 Å². The molecule has 1 aromatic rings. The number of thioether (sulfide) groups is 1. The standard InChI is InChI=1S/C17H20F3NO4S/c1-16(2,3)25-15(23)21-10-4-5-13(21)14(22)24-11-6-8-12(9-7-11)26-17(18,19)20/h6-9,13H,4-5,10H2,1-3H3/t13-/m0/s1. The molecule has 1 aromatic carbocycles. The Balaban J connectivity index is 1.99. The highest BCUT2D eigenvalue weighted by atomic mass is 32.2. The zero-order chi connectivity index (χ0) is 19.5. The molecule has 5 nitrogen and oxygen atoms in total. The van der Waals surface area contributed by atoms with Crippen molar-refractivity contribution in [3.8, 4) is 5.75 Å². The minimum absolute atomic E-state index is 0.00598. The number of esters is 1. The van der Waals surface area contributed by atoms with Crippen LogP contribution in [0.4, 0.5) is 18.0 Å². The predicted octanol–water partition coefficient (Wildman–Crippen LogP) is 4.60. The minimum atomic E-state index is -4.38. The number of nitrogens with zero attached hydrogens (tertiary/aromatic N) is 1. The highest BCUT2D eigenvalue weighted by Crippen LogP contribution is 2.37. The van der Waals surface area contributed by atoms with Gasteiger partial charge in [0.1, 0.15) is 17.4 Å². The van der Waals surface area contributed by atoms with E-state index < -0.39 is 29.2 Å². The number of alkyl halides is 3. The molecule has 1 fully saturated rings. The molecule has 1 amide bonds. The van der Waals surface area contributed by atoms with Gasteiger partial charge in [-0.1, -0.05) is 0 Å². The van der Waals surface area contributed by atoms with Gasteiger partial charge in [-0.15, -0.1) is 0 Å². The molecule has 1 heterocycles. The molecule has 0 aliphatic carbocycles. The summed E-state index contributed by atoms with van der Waals surface area (Å²) in [4.78, 5) is 25.9. The van der Waals surface area contributed by atoms with Crippen molar-refractivity contribution in [1.82, 2.24) is 4.90 Å². The summed E-state index contributed by atoms with van der Waals surface area (Å²) in [6.45, 7) is 5.58. The van der Waals surface area contributed by atoms with Gasteiger partial charge in [-0.05, 0) is 69.6 Å². The van der Waals surface area contributed by atoms with Crippen molar-refractivity contribution < 1.29 is 32.2 Å². The van der Waals surface area contributed by atoms with Crippen LogP contribution in [0.1, 0.15) is 33.6 Å². The van der Waals surface area contributed by atoms with Crippen LogP contribution < -0.4 is 4.74 Å². The van der Waals surface area contributed by atoms with E-state index in [0.717, 1.165) is 0 Å². The van der Waals surface area contributed by atoms with Gasteiger partial charge < -0.3 is 9.47 Å². The number of carbonyl (C=O) groups is 2. The van der Waals surface area contributed by atoms with Gasteiger partial charge >= 0.3 is 17.6 Å². The topological polar surface area (TPSA) is 55.8 Å². The number of carbonyl (C=O) groups excluding carboxylic acids is 2. The van der Waals surface area contributed by atoms with Crippen LogP contribution in [0, 0.1) is 0 Å². The number of rotatable bonds is 3. The second kappa shape index (κ2) is 7.77. The van der Waals surface area contributed by atoms with Gasteiger partial charge in [-0.2, -0.15) is 13.2 Å². The second-order valence-corrected chi connectivity index (χ2v) is 7.91. The Bertz CT molecular complexity index is 655. The first-order chi connectivity index (χ1) is 11.9. The first-order valence-electron chi connectivity index (χ1n) is 8.02. The van der Waals surface area contributed by atoms with E-state index in [4.69, 9.17) is 9.47 Å². The summed E-state index contributed by atoms with van der Waals surface area (Å²) in [6, 6.07) is 4.26. The molecule has 26 heavy (non-hydrogen) atoms. The number of ether oxygens (including phenoxy) is 2. The lowest BCUT2D eigenvalue weighted by molar-refractivity contribution is -0.139. The molecule has 2 rings (SSSR count). The molecule has 144 valence electrons. The Morgan fingerprint density at radius 2 is 1.77 bits per heavy atom. The zero-order valence-corrected chi connectivity index (χ0v) is 15.4. The number of benzene rings is 1. The smallest absolute Gasteiger partial charge is 0.444 e. The molecule has 0 N–H and O–H groups in total. The van der Waals surface area contributed by atoms with Gasteiger partial charge in [-0.25, -0.2) is 9.59 Å². The molecule has 1 atom stereocenters. The van der Waals surface area contributed by atoms with Crippen molar-refractivity contribution in [2.75, 3.05) is 6.54 Å². The maximum atomic E-state index is 12.4. The number of likely N-dealkylation sites (tertiary alicyclic amines) is 1. The van der Waals surface area contributed by atoms with E-state index in [2.05, 4.69) is 0 Å². The molecular weight excluding hydrogens is 371 g/mol. The summed E-state index contributed by atoms with van der Waals surface area (Å²) in [5.74, 6) is -0.512. The van der Waals surface area contributed by atoms with E-state index in [1.54, 1.807) is 20.8 Å². The third kappa shape index (κ3) is 6.12. The van der Waals surface area contributed by atoms with Gasteiger partial charge in [0.15, 0.2) is 0 Å². The summed E-state index contributed by atoms with van der Waals surface area (Å²) in [5, 5.41) is 0. The third-order valence-electron chi connectivity index (χ3n) is 3.43. The molecule has 0 bridgehead atoms. The van der Waals surface area contributed by atoms with Gasteiger partial charge in [0.25, 0.3) is 0 Å². The van der Waals surface area contributed by atoms with Crippen molar-refractivity contribution in [3.63, 3.8) is 0 Å². The summed E-state index contributed by atoms with van der Waals surface area (Å²) in [6.07, 6.45) is 0.495. The fourth-order valence-electron chi connectivity index (χ4n) is 2.44. The minimum Gasteiger partial charge on any atom is -0.444 e. The average molecular weight is 391 g/mol. The highest BCUT2D eigenvalue weighted by molar-refractivity contribution is 8.00. The molecule has 1 aliphatic heterocycles. The van der Waals surface area contributed by atoms with Gasteiger partial charge in [0.2, 0.25) is 0 Å². The Labute approximate surface area is 153 Å². The lowest BCUT2D eigenvalue weighted by Crippen LogP contribution is -2.44. The normalized spacial score (nSPS) is 17.9. The van der Waals surface area contributed by atoms with Crippen LogP contribution in [0.15, 0.2) is 29.2 Å². The average Bonchev–Trinajstić information content (AvgIpc) is 2.95. The number of amides is 1. The predicted molar refractivity (Wildman–Crippen MR) is 90.0 cm³/mol. The molecule has 0 radical (unpaired) electrons. The van der Waals surface area contributed by atoms with Crippen molar-refractivity contribution in [2.24, 2.45) is 0 Å². The first kappa shape index (κ1) is 20.4. The monoisotopic (exact) mass is 391 g/mol. The van der Waals surface area contributed by atoms with E-state index in [9.17, 15) is 22.8 Å². The lowest BCUT2D eigenvalue weighted by Gasteiger charge is -2.27. The quantitative estimate of drug-likeness (QED) is 0.428. The second-order valence-electron chi connectivity index (χ2n) is 6.77. The molecule has 0 saturated carbocycles. The fourth-order valence-corrected chi connectivity index (χ4v) is 2.98. The van der Waals surface area contributed by atoms with Crippen LogP contribution in [0.25, 0.3) is 0 Å². The summed E-state index contributed by atoms with van der Waals surface area (Å²) < 4.78 is 47.5. The fraction of sp³-hybridized carbons (Fsp3) is 0.529. The summed E-state index contributed by atoms with van der Waals surface area (Å²) in [5.41, 5.74) is -5.06. The Morgan fingerprint density at radius 3 is 2.31 bits per heavy atom. The number of hydrogen-bond donors (Lipinski definition) is 0. The van der Waals surface area contributed by atoms with Gasteiger partial charge in [0.05, 0.1) is 0 Å². The zero-order valence-electron chi connectivity index (χ0n) is 14.6. The van der Waals surface area contributed by atoms with E-state index in [1.165, 1.54) is 29.2 Å². The Hall–Kier alpha value is -1.90. The van der Waals surface area contributed by atoms with E-state index in [1.807, 2.05) is 0 Å².